The van der Waals surface area contributed by atoms with Crippen molar-refractivity contribution in [2.45, 2.75) is 22.3 Å². The van der Waals surface area contributed by atoms with Gasteiger partial charge in [0.2, 0.25) is 10.0 Å². The fourth-order valence-electron chi connectivity index (χ4n) is 2.69. The van der Waals surface area contributed by atoms with Crippen LogP contribution in [0.5, 0.6) is 0 Å². The summed E-state index contributed by atoms with van der Waals surface area (Å²) in [6.07, 6.45) is 1.58. The van der Waals surface area contributed by atoms with Crippen LogP contribution in [0.3, 0.4) is 0 Å². The van der Waals surface area contributed by atoms with Crippen LogP contribution >= 0.6 is 15.9 Å². The van der Waals surface area contributed by atoms with Gasteiger partial charge in [0, 0.05) is 17.3 Å². The van der Waals surface area contributed by atoms with Gasteiger partial charge in [-0.25, -0.2) is 8.42 Å². The number of hydrogen-bond acceptors (Lipinski definition) is 4. The highest BCUT2D eigenvalue weighted by Gasteiger charge is 2.46. The molecular weight excluding hydrogens is 366 g/mol. The van der Waals surface area contributed by atoms with Crippen molar-refractivity contribution in [3.8, 4) is 6.07 Å². The Hall–Kier alpha value is -1.20. The molecule has 1 aliphatic rings. The highest BCUT2D eigenvalue weighted by molar-refractivity contribution is 9.09. The third-order valence-electron chi connectivity index (χ3n) is 3.93. The third kappa shape index (κ3) is 3.25. The van der Waals surface area contributed by atoms with E-state index in [2.05, 4.69) is 28.6 Å². The SMILES string of the molecule is C=CC(Br)CC1C(C#N)CN(S(=O)(=O)c2ccccc2)C1N. The maximum atomic E-state index is 12.7. The van der Waals surface area contributed by atoms with Gasteiger partial charge in [-0.2, -0.15) is 9.57 Å². The van der Waals surface area contributed by atoms with Gasteiger partial charge in [-0.05, 0) is 18.6 Å². The normalized spacial score (nSPS) is 27.2. The van der Waals surface area contributed by atoms with Crippen LogP contribution in [0.25, 0.3) is 0 Å². The van der Waals surface area contributed by atoms with E-state index in [9.17, 15) is 13.7 Å². The van der Waals surface area contributed by atoms with Gasteiger partial charge >= 0.3 is 0 Å². The number of nitrogens with zero attached hydrogens (tertiary/aromatic N) is 2. The highest BCUT2D eigenvalue weighted by atomic mass is 79.9. The molecule has 2 N–H and O–H groups in total. The number of nitrogens with two attached hydrogens (primary N) is 1. The van der Waals surface area contributed by atoms with Crippen molar-refractivity contribution in [2.75, 3.05) is 6.54 Å². The molecule has 1 aromatic carbocycles. The number of rotatable bonds is 5. The molecule has 7 heteroatoms. The first-order valence-corrected chi connectivity index (χ1v) is 9.26. The summed E-state index contributed by atoms with van der Waals surface area (Å²) in [4.78, 5) is 0.195. The van der Waals surface area contributed by atoms with Gasteiger partial charge in [-0.3, -0.25) is 0 Å². The number of halogens is 1. The van der Waals surface area contributed by atoms with Crippen LogP contribution in [0, 0.1) is 23.2 Å². The average Bonchev–Trinajstić information content (AvgIpc) is 2.85. The molecule has 4 atom stereocenters. The maximum Gasteiger partial charge on any atom is 0.244 e. The van der Waals surface area contributed by atoms with Crippen LogP contribution in [-0.2, 0) is 10.0 Å². The first-order chi connectivity index (χ1) is 10.4. The second kappa shape index (κ2) is 6.92. The van der Waals surface area contributed by atoms with Crippen LogP contribution < -0.4 is 5.73 Å². The minimum atomic E-state index is -3.69. The summed E-state index contributed by atoms with van der Waals surface area (Å²) < 4.78 is 26.7. The van der Waals surface area contributed by atoms with Gasteiger partial charge in [0.25, 0.3) is 0 Å². The Morgan fingerprint density at radius 3 is 2.68 bits per heavy atom. The van der Waals surface area contributed by atoms with Crippen molar-refractivity contribution in [1.82, 2.24) is 4.31 Å². The molecule has 1 saturated heterocycles. The molecule has 1 aromatic rings. The lowest BCUT2D eigenvalue weighted by Gasteiger charge is -2.24. The molecule has 1 aliphatic heterocycles. The Balaban J connectivity index is 2.30. The van der Waals surface area contributed by atoms with Gasteiger partial charge in [0.1, 0.15) is 0 Å². The predicted molar refractivity (Wildman–Crippen MR) is 88.4 cm³/mol. The van der Waals surface area contributed by atoms with Crippen molar-refractivity contribution in [3.63, 3.8) is 0 Å². The topological polar surface area (TPSA) is 87.2 Å². The number of benzene rings is 1. The summed E-state index contributed by atoms with van der Waals surface area (Å²) in [6.45, 7) is 3.81. The van der Waals surface area contributed by atoms with Gasteiger partial charge in [-0.15, -0.1) is 6.58 Å². The highest BCUT2D eigenvalue weighted by Crippen LogP contribution is 2.35. The minimum Gasteiger partial charge on any atom is -0.315 e. The summed E-state index contributed by atoms with van der Waals surface area (Å²) >= 11 is 3.44. The third-order valence-corrected chi connectivity index (χ3v) is 6.56. The molecule has 118 valence electrons. The van der Waals surface area contributed by atoms with Crippen molar-refractivity contribution in [2.24, 2.45) is 17.6 Å². The quantitative estimate of drug-likeness (QED) is 0.622. The largest absolute Gasteiger partial charge is 0.315 e. The smallest absolute Gasteiger partial charge is 0.244 e. The fraction of sp³-hybridized carbons (Fsp3) is 0.400. The van der Waals surface area contributed by atoms with Crippen LogP contribution in [0.2, 0.25) is 0 Å². The number of sulfonamides is 1. The van der Waals surface area contributed by atoms with Crippen LogP contribution in [0.1, 0.15) is 6.42 Å². The van der Waals surface area contributed by atoms with Crippen molar-refractivity contribution >= 4 is 26.0 Å². The summed E-state index contributed by atoms with van der Waals surface area (Å²) in [5, 5.41) is 9.33. The lowest BCUT2D eigenvalue weighted by Crippen LogP contribution is -2.44. The van der Waals surface area contributed by atoms with E-state index in [0.717, 1.165) is 0 Å². The Bertz CT molecular complexity index is 672. The van der Waals surface area contributed by atoms with E-state index >= 15 is 0 Å². The minimum absolute atomic E-state index is 0.00113. The Kier molecular flexibility index (Phi) is 5.40. The summed E-state index contributed by atoms with van der Waals surface area (Å²) in [5.74, 6) is -0.653. The lowest BCUT2D eigenvalue weighted by molar-refractivity contribution is 0.329. The molecule has 5 nitrogen and oxygen atoms in total. The molecule has 1 heterocycles. The molecule has 0 bridgehead atoms. The fourth-order valence-corrected chi connectivity index (χ4v) is 4.72. The number of allylic oxidation sites excluding steroid dienone is 1. The predicted octanol–water partition coefficient (Wildman–Crippen LogP) is 2.07. The number of nitriles is 1. The first kappa shape index (κ1) is 17.2. The molecule has 0 saturated carbocycles. The van der Waals surface area contributed by atoms with Crippen molar-refractivity contribution in [1.29, 1.82) is 5.26 Å². The van der Waals surface area contributed by atoms with Gasteiger partial charge in [-0.1, -0.05) is 40.2 Å². The molecule has 0 spiro atoms. The molecule has 0 radical (unpaired) electrons. The molecule has 0 aromatic heterocycles. The molecule has 22 heavy (non-hydrogen) atoms. The van der Waals surface area contributed by atoms with E-state index < -0.39 is 22.1 Å². The zero-order valence-corrected chi connectivity index (χ0v) is 14.4. The van der Waals surface area contributed by atoms with Gasteiger partial charge in [0.15, 0.2) is 0 Å². The molecule has 0 amide bonds. The molecule has 4 unspecified atom stereocenters. The standard InChI is InChI=1S/C15H18BrN3O2S/c1-2-12(16)8-14-11(9-17)10-19(15(14)18)22(20,21)13-6-4-3-5-7-13/h2-7,11-12,14-15H,1,8,10,18H2. The zero-order valence-electron chi connectivity index (χ0n) is 12.0. The van der Waals surface area contributed by atoms with Crippen molar-refractivity contribution in [3.05, 3.63) is 43.0 Å². The Labute approximate surface area is 139 Å². The summed E-state index contributed by atoms with van der Waals surface area (Å²) in [6, 6.07) is 10.3. The van der Waals surface area contributed by atoms with E-state index in [4.69, 9.17) is 5.73 Å². The molecule has 0 aliphatic carbocycles. The van der Waals surface area contributed by atoms with Crippen molar-refractivity contribution < 1.29 is 8.42 Å². The zero-order chi connectivity index (χ0) is 16.3. The van der Waals surface area contributed by atoms with E-state index in [1.165, 1.54) is 16.4 Å². The number of hydrogen-bond donors (Lipinski definition) is 1. The Morgan fingerprint density at radius 1 is 1.50 bits per heavy atom. The Morgan fingerprint density at radius 2 is 2.14 bits per heavy atom. The summed E-state index contributed by atoms with van der Waals surface area (Å²) in [5.41, 5.74) is 6.16. The molecule has 1 fully saturated rings. The van der Waals surface area contributed by atoms with E-state index in [1.807, 2.05) is 0 Å². The average molecular weight is 384 g/mol. The van der Waals surface area contributed by atoms with Crippen LogP contribution in [0.15, 0.2) is 47.9 Å². The lowest BCUT2D eigenvalue weighted by atomic mass is 9.91. The van der Waals surface area contributed by atoms with Gasteiger partial charge < -0.3 is 5.73 Å². The van der Waals surface area contributed by atoms with Crippen LogP contribution in [-0.4, -0.2) is 30.3 Å². The monoisotopic (exact) mass is 383 g/mol. The second-order valence-electron chi connectivity index (χ2n) is 5.27. The number of alkyl halides is 1. The molecular formula is C15H18BrN3O2S. The maximum absolute atomic E-state index is 12.7. The molecule has 2 rings (SSSR count). The first-order valence-electron chi connectivity index (χ1n) is 6.90. The van der Waals surface area contributed by atoms with E-state index in [0.29, 0.717) is 6.42 Å². The van der Waals surface area contributed by atoms with E-state index in [1.54, 1.807) is 24.3 Å². The summed E-state index contributed by atoms with van der Waals surface area (Å²) in [7, 11) is -3.69. The van der Waals surface area contributed by atoms with Crippen LogP contribution in [0.4, 0.5) is 0 Å². The van der Waals surface area contributed by atoms with Gasteiger partial charge in [0.05, 0.1) is 23.0 Å². The van der Waals surface area contributed by atoms with E-state index in [-0.39, 0.29) is 22.2 Å². The second-order valence-corrected chi connectivity index (χ2v) is 8.33.